The Morgan fingerprint density at radius 3 is 2.32 bits per heavy atom. The summed E-state index contributed by atoms with van der Waals surface area (Å²) < 4.78 is 42.9. The van der Waals surface area contributed by atoms with Gasteiger partial charge in [-0.15, -0.1) is 0 Å². The number of hydrogen-bond donors (Lipinski definition) is 2. The molecule has 9 heteroatoms. The number of carbonyl (C=O) groups excluding carboxylic acids is 1. The van der Waals surface area contributed by atoms with E-state index in [1.54, 1.807) is 26.4 Å². The van der Waals surface area contributed by atoms with Crippen molar-refractivity contribution in [3.8, 4) is 17.2 Å². The van der Waals surface area contributed by atoms with Crippen molar-refractivity contribution in [3.05, 3.63) is 48.0 Å². The third-order valence-electron chi connectivity index (χ3n) is 4.61. The maximum atomic E-state index is 12.3. The van der Waals surface area contributed by atoms with Gasteiger partial charge in [-0.2, -0.15) is 0 Å². The summed E-state index contributed by atoms with van der Waals surface area (Å²) >= 11 is 0. The van der Waals surface area contributed by atoms with Crippen LogP contribution in [-0.4, -0.2) is 41.7 Å². The van der Waals surface area contributed by atoms with Crippen molar-refractivity contribution in [1.29, 1.82) is 0 Å². The molecule has 170 valence electrons. The minimum atomic E-state index is -3.54. The standard InChI is InChI=1S/C22H30N2O6S/c1-5-6-13-23-31(26,27)19-10-8-18(9-11-19)30-15-22(25)24-16(2)17-7-12-20(28-3)21(14-17)29-4/h7-12,14,16,23H,5-6,13,15H2,1-4H3,(H,24,25). The molecule has 0 radical (unpaired) electrons. The van der Waals surface area contributed by atoms with Gasteiger partial charge in [0.25, 0.3) is 5.91 Å². The average Bonchev–Trinajstić information content (AvgIpc) is 2.77. The maximum absolute atomic E-state index is 12.3. The van der Waals surface area contributed by atoms with Gasteiger partial charge in [-0.1, -0.05) is 19.4 Å². The topological polar surface area (TPSA) is 103 Å². The van der Waals surface area contributed by atoms with Crippen LogP contribution >= 0.6 is 0 Å². The average molecular weight is 451 g/mol. The van der Waals surface area contributed by atoms with E-state index < -0.39 is 10.0 Å². The van der Waals surface area contributed by atoms with Gasteiger partial charge in [0, 0.05) is 6.54 Å². The molecule has 8 nitrogen and oxygen atoms in total. The molecule has 0 aliphatic rings. The van der Waals surface area contributed by atoms with Crippen molar-refractivity contribution in [1.82, 2.24) is 10.0 Å². The summed E-state index contributed by atoms with van der Waals surface area (Å²) in [6.07, 6.45) is 1.68. The van der Waals surface area contributed by atoms with Gasteiger partial charge in [0.2, 0.25) is 10.0 Å². The molecular formula is C22H30N2O6S. The van der Waals surface area contributed by atoms with Gasteiger partial charge < -0.3 is 19.5 Å². The Balaban J connectivity index is 1.89. The van der Waals surface area contributed by atoms with E-state index in [1.165, 1.54) is 24.3 Å². The fourth-order valence-electron chi connectivity index (χ4n) is 2.82. The number of nitrogens with one attached hydrogen (secondary N) is 2. The van der Waals surface area contributed by atoms with E-state index in [2.05, 4.69) is 10.0 Å². The molecule has 0 aromatic heterocycles. The Kier molecular flexibility index (Phi) is 9.14. The second-order valence-corrected chi connectivity index (χ2v) is 8.68. The van der Waals surface area contributed by atoms with Gasteiger partial charge in [-0.05, 0) is 55.3 Å². The van der Waals surface area contributed by atoms with E-state index >= 15 is 0 Å². The molecule has 1 amide bonds. The van der Waals surface area contributed by atoms with Crippen LogP contribution in [0.25, 0.3) is 0 Å². The molecule has 0 aliphatic carbocycles. The number of carbonyl (C=O) groups is 1. The molecule has 0 saturated carbocycles. The lowest BCUT2D eigenvalue weighted by Gasteiger charge is -2.17. The van der Waals surface area contributed by atoms with Crippen LogP contribution in [0.5, 0.6) is 17.2 Å². The molecule has 31 heavy (non-hydrogen) atoms. The van der Waals surface area contributed by atoms with E-state index in [9.17, 15) is 13.2 Å². The second kappa shape index (κ2) is 11.6. The van der Waals surface area contributed by atoms with Crippen LogP contribution in [-0.2, 0) is 14.8 Å². The maximum Gasteiger partial charge on any atom is 0.258 e. The lowest BCUT2D eigenvalue weighted by Crippen LogP contribution is -2.31. The largest absolute Gasteiger partial charge is 0.493 e. The second-order valence-electron chi connectivity index (χ2n) is 6.92. The van der Waals surface area contributed by atoms with Gasteiger partial charge in [-0.3, -0.25) is 4.79 Å². The molecule has 1 atom stereocenters. The van der Waals surface area contributed by atoms with Crippen molar-refractivity contribution in [2.24, 2.45) is 0 Å². The molecule has 0 heterocycles. The Bertz CT molecular complexity index is 960. The summed E-state index contributed by atoms with van der Waals surface area (Å²) in [5.74, 6) is 1.29. The van der Waals surface area contributed by atoms with E-state index in [4.69, 9.17) is 14.2 Å². The number of benzene rings is 2. The summed E-state index contributed by atoms with van der Waals surface area (Å²) in [6, 6.07) is 11.1. The first-order chi connectivity index (χ1) is 14.8. The van der Waals surface area contributed by atoms with Crippen molar-refractivity contribution in [3.63, 3.8) is 0 Å². The minimum Gasteiger partial charge on any atom is -0.493 e. The fourth-order valence-corrected chi connectivity index (χ4v) is 3.89. The van der Waals surface area contributed by atoms with Gasteiger partial charge in [-0.25, -0.2) is 13.1 Å². The van der Waals surface area contributed by atoms with Crippen LogP contribution in [0.3, 0.4) is 0 Å². The lowest BCUT2D eigenvalue weighted by molar-refractivity contribution is -0.123. The number of sulfonamides is 1. The van der Waals surface area contributed by atoms with E-state index in [1.807, 2.05) is 19.9 Å². The Labute approximate surface area is 184 Å². The molecule has 0 bridgehead atoms. The number of amides is 1. The van der Waals surface area contributed by atoms with Crippen molar-refractivity contribution in [2.45, 2.75) is 37.6 Å². The van der Waals surface area contributed by atoms with Crippen LogP contribution in [0.2, 0.25) is 0 Å². The summed E-state index contributed by atoms with van der Waals surface area (Å²) in [7, 11) is -0.429. The van der Waals surface area contributed by atoms with Gasteiger partial charge in [0.15, 0.2) is 18.1 Å². The lowest BCUT2D eigenvalue weighted by atomic mass is 10.1. The van der Waals surface area contributed by atoms with Crippen LogP contribution in [0.1, 0.15) is 38.3 Å². The predicted molar refractivity (Wildman–Crippen MR) is 118 cm³/mol. The smallest absolute Gasteiger partial charge is 0.258 e. The van der Waals surface area contributed by atoms with Crippen LogP contribution in [0, 0.1) is 0 Å². The fraction of sp³-hybridized carbons (Fsp3) is 0.409. The normalized spacial score (nSPS) is 12.1. The monoisotopic (exact) mass is 450 g/mol. The molecule has 2 N–H and O–H groups in total. The summed E-state index contributed by atoms with van der Waals surface area (Å²) in [5.41, 5.74) is 0.858. The van der Waals surface area contributed by atoms with Crippen molar-refractivity contribution >= 4 is 15.9 Å². The Hall–Kier alpha value is -2.78. The zero-order valence-electron chi connectivity index (χ0n) is 18.3. The number of rotatable bonds is 12. The molecule has 0 spiro atoms. The predicted octanol–water partition coefficient (Wildman–Crippen LogP) is 3.04. The third-order valence-corrected chi connectivity index (χ3v) is 6.09. The quantitative estimate of drug-likeness (QED) is 0.482. The zero-order chi connectivity index (χ0) is 22.9. The molecule has 0 fully saturated rings. The highest BCUT2D eigenvalue weighted by atomic mass is 32.2. The highest BCUT2D eigenvalue weighted by Gasteiger charge is 2.15. The highest BCUT2D eigenvalue weighted by molar-refractivity contribution is 7.89. The van der Waals surface area contributed by atoms with Crippen LogP contribution in [0.4, 0.5) is 0 Å². The number of unbranched alkanes of at least 4 members (excludes halogenated alkanes) is 1. The van der Waals surface area contributed by atoms with E-state index in [-0.39, 0.29) is 23.5 Å². The SMILES string of the molecule is CCCCNS(=O)(=O)c1ccc(OCC(=O)NC(C)c2ccc(OC)c(OC)c2)cc1. The Morgan fingerprint density at radius 2 is 1.71 bits per heavy atom. The van der Waals surface area contributed by atoms with E-state index in [0.717, 1.165) is 18.4 Å². The first-order valence-corrected chi connectivity index (χ1v) is 11.5. The first kappa shape index (κ1) is 24.5. The molecule has 0 aliphatic heterocycles. The summed E-state index contributed by atoms with van der Waals surface area (Å²) in [4.78, 5) is 12.4. The zero-order valence-corrected chi connectivity index (χ0v) is 19.1. The summed E-state index contributed by atoms with van der Waals surface area (Å²) in [5, 5.41) is 2.85. The highest BCUT2D eigenvalue weighted by Crippen LogP contribution is 2.29. The van der Waals surface area contributed by atoms with Gasteiger partial charge in [0.1, 0.15) is 5.75 Å². The van der Waals surface area contributed by atoms with Crippen molar-refractivity contribution < 1.29 is 27.4 Å². The molecular weight excluding hydrogens is 420 g/mol. The van der Waals surface area contributed by atoms with Gasteiger partial charge in [0.05, 0.1) is 25.2 Å². The Morgan fingerprint density at radius 1 is 1.03 bits per heavy atom. The number of methoxy groups -OCH3 is 2. The molecule has 2 aromatic carbocycles. The number of ether oxygens (including phenoxy) is 3. The number of hydrogen-bond acceptors (Lipinski definition) is 6. The molecule has 0 saturated heterocycles. The first-order valence-electron chi connectivity index (χ1n) is 10.0. The summed E-state index contributed by atoms with van der Waals surface area (Å²) in [6.45, 7) is 4.05. The van der Waals surface area contributed by atoms with Gasteiger partial charge >= 0.3 is 0 Å². The minimum absolute atomic E-state index is 0.155. The van der Waals surface area contributed by atoms with E-state index in [0.29, 0.717) is 23.8 Å². The third kappa shape index (κ3) is 7.15. The van der Waals surface area contributed by atoms with Crippen LogP contribution in [0.15, 0.2) is 47.4 Å². The van der Waals surface area contributed by atoms with Crippen molar-refractivity contribution in [2.75, 3.05) is 27.4 Å². The molecule has 2 aromatic rings. The van der Waals surface area contributed by atoms with Crippen LogP contribution < -0.4 is 24.2 Å². The molecule has 2 rings (SSSR count). The molecule has 1 unspecified atom stereocenters.